The number of carbonyl (C=O) groups excluding carboxylic acids is 1. The zero-order chi connectivity index (χ0) is 16.4. The van der Waals surface area contributed by atoms with E-state index in [9.17, 15) is 9.18 Å². The van der Waals surface area contributed by atoms with Gasteiger partial charge in [-0.15, -0.1) is 0 Å². The van der Waals surface area contributed by atoms with Gasteiger partial charge in [-0.25, -0.2) is 4.39 Å². The number of nitrogens with one attached hydrogen (secondary N) is 1. The molecule has 0 saturated carbocycles. The van der Waals surface area contributed by atoms with E-state index in [1.165, 1.54) is 12.1 Å². The number of allylic oxidation sites excluding steroid dienone is 1. The van der Waals surface area contributed by atoms with Gasteiger partial charge in [0.2, 0.25) is 5.91 Å². The van der Waals surface area contributed by atoms with Crippen LogP contribution in [-0.2, 0) is 11.2 Å². The number of aliphatic hydroxyl groups excluding tert-OH is 1. The molecule has 3 nitrogen and oxygen atoms in total. The van der Waals surface area contributed by atoms with Crippen LogP contribution in [0.5, 0.6) is 0 Å². The maximum atomic E-state index is 13.0. The zero-order valence-electron chi connectivity index (χ0n) is 13.4. The fourth-order valence-corrected chi connectivity index (χ4v) is 2.18. The number of rotatable bonds is 9. The minimum atomic E-state index is -0.253. The van der Waals surface area contributed by atoms with Gasteiger partial charge in [-0.1, -0.05) is 25.1 Å². The number of hydrogen-bond acceptors (Lipinski definition) is 2. The lowest BCUT2D eigenvalue weighted by molar-refractivity contribution is -0.117. The topological polar surface area (TPSA) is 49.3 Å². The summed E-state index contributed by atoms with van der Waals surface area (Å²) in [5, 5.41) is 11.6. The maximum absolute atomic E-state index is 13.0. The van der Waals surface area contributed by atoms with Crippen molar-refractivity contribution >= 4 is 5.91 Å². The first-order chi connectivity index (χ1) is 10.5. The van der Waals surface area contributed by atoms with E-state index in [0.29, 0.717) is 24.5 Å². The average Bonchev–Trinajstić information content (AvgIpc) is 2.50. The van der Waals surface area contributed by atoms with Crippen molar-refractivity contribution in [1.29, 1.82) is 0 Å². The van der Waals surface area contributed by atoms with Gasteiger partial charge in [0, 0.05) is 18.7 Å². The molecule has 0 heterocycles. The highest BCUT2D eigenvalue weighted by atomic mass is 19.1. The standard InChI is InChI=1S/C18H26FNO2/c1-14(5-4-12-21)8-9-15(2)18(22)20-11-10-16-6-3-7-17(19)13-16/h3,6-7,9,13-14,21H,4-5,8,10-12H2,1-2H3,(H,20,22). The van der Waals surface area contributed by atoms with Gasteiger partial charge >= 0.3 is 0 Å². The van der Waals surface area contributed by atoms with Gasteiger partial charge in [0.15, 0.2) is 0 Å². The van der Waals surface area contributed by atoms with Crippen molar-refractivity contribution in [3.05, 3.63) is 47.3 Å². The highest BCUT2D eigenvalue weighted by molar-refractivity contribution is 5.92. The molecule has 0 spiro atoms. The van der Waals surface area contributed by atoms with Gasteiger partial charge in [-0.05, 0) is 56.2 Å². The monoisotopic (exact) mass is 307 g/mol. The van der Waals surface area contributed by atoms with Crippen LogP contribution in [0.2, 0.25) is 0 Å². The summed E-state index contributed by atoms with van der Waals surface area (Å²) in [5.41, 5.74) is 1.58. The van der Waals surface area contributed by atoms with Crippen molar-refractivity contribution < 1.29 is 14.3 Å². The molecule has 0 aliphatic heterocycles. The van der Waals surface area contributed by atoms with Gasteiger partial charge in [0.25, 0.3) is 0 Å². The molecule has 0 aromatic heterocycles. The predicted octanol–water partition coefficient (Wildman–Crippen LogP) is 3.23. The molecule has 1 amide bonds. The van der Waals surface area contributed by atoms with E-state index in [-0.39, 0.29) is 18.3 Å². The highest BCUT2D eigenvalue weighted by Crippen LogP contribution is 2.12. The molecule has 1 unspecified atom stereocenters. The van der Waals surface area contributed by atoms with Crippen molar-refractivity contribution in [3.63, 3.8) is 0 Å². The number of hydrogen-bond donors (Lipinski definition) is 2. The Morgan fingerprint density at radius 2 is 2.23 bits per heavy atom. The SMILES string of the molecule is CC(=CCC(C)CCCO)C(=O)NCCc1cccc(F)c1. The van der Waals surface area contributed by atoms with E-state index in [2.05, 4.69) is 12.2 Å². The lowest BCUT2D eigenvalue weighted by Crippen LogP contribution is -2.26. The Morgan fingerprint density at radius 3 is 2.91 bits per heavy atom. The Kier molecular flexibility index (Phi) is 8.44. The van der Waals surface area contributed by atoms with Crippen LogP contribution in [0, 0.1) is 11.7 Å². The van der Waals surface area contributed by atoms with E-state index in [4.69, 9.17) is 5.11 Å². The van der Waals surface area contributed by atoms with Gasteiger partial charge < -0.3 is 10.4 Å². The molecular weight excluding hydrogens is 281 g/mol. The summed E-state index contributed by atoms with van der Waals surface area (Å²) in [5.74, 6) is 0.129. The summed E-state index contributed by atoms with van der Waals surface area (Å²) in [6, 6.07) is 6.41. The van der Waals surface area contributed by atoms with Crippen LogP contribution in [0.4, 0.5) is 4.39 Å². The summed E-state index contributed by atoms with van der Waals surface area (Å²) >= 11 is 0. The van der Waals surface area contributed by atoms with E-state index in [1.807, 2.05) is 12.1 Å². The van der Waals surface area contributed by atoms with Crippen molar-refractivity contribution in [3.8, 4) is 0 Å². The maximum Gasteiger partial charge on any atom is 0.246 e. The van der Waals surface area contributed by atoms with Gasteiger partial charge in [0.1, 0.15) is 5.82 Å². The number of carbonyl (C=O) groups is 1. The molecule has 1 rings (SSSR count). The van der Waals surface area contributed by atoms with E-state index in [1.54, 1.807) is 13.0 Å². The molecule has 0 aliphatic rings. The molecule has 2 N–H and O–H groups in total. The van der Waals surface area contributed by atoms with E-state index < -0.39 is 0 Å². The summed E-state index contributed by atoms with van der Waals surface area (Å²) in [4.78, 5) is 11.9. The van der Waals surface area contributed by atoms with Gasteiger partial charge in [-0.2, -0.15) is 0 Å². The molecule has 22 heavy (non-hydrogen) atoms. The molecule has 0 aliphatic carbocycles. The molecule has 0 fully saturated rings. The van der Waals surface area contributed by atoms with E-state index in [0.717, 1.165) is 24.8 Å². The first-order valence-electron chi connectivity index (χ1n) is 7.83. The first kappa shape index (κ1) is 18.4. The second kappa shape index (κ2) is 10.1. The van der Waals surface area contributed by atoms with E-state index >= 15 is 0 Å². The zero-order valence-corrected chi connectivity index (χ0v) is 13.4. The number of aliphatic hydroxyl groups is 1. The van der Waals surface area contributed by atoms with Crippen LogP contribution < -0.4 is 5.32 Å². The second-order valence-corrected chi connectivity index (χ2v) is 5.73. The number of amides is 1. The van der Waals surface area contributed by atoms with Crippen molar-refractivity contribution in [2.24, 2.45) is 5.92 Å². The Morgan fingerprint density at radius 1 is 1.45 bits per heavy atom. The Labute approximate surface area is 132 Å². The molecule has 1 aromatic rings. The summed E-state index contributed by atoms with van der Waals surface area (Å²) < 4.78 is 13.0. The normalized spacial score (nSPS) is 13.0. The van der Waals surface area contributed by atoms with Crippen LogP contribution >= 0.6 is 0 Å². The summed E-state index contributed by atoms with van der Waals surface area (Å²) in [6.07, 6.45) is 5.15. The quantitative estimate of drug-likeness (QED) is 0.688. The molecule has 0 saturated heterocycles. The summed E-state index contributed by atoms with van der Waals surface area (Å²) in [7, 11) is 0. The summed E-state index contributed by atoms with van der Waals surface area (Å²) in [6.45, 7) is 4.62. The number of benzene rings is 1. The molecular formula is C18H26FNO2. The van der Waals surface area contributed by atoms with Crippen molar-refractivity contribution in [2.75, 3.05) is 13.2 Å². The van der Waals surface area contributed by atoms with Crippen LogP contribution in [0.25, 0.3) is 0 Å². The van der Waals surface area contributed by atoms with Gasteiger partial charge in [0.05, 0.1) is 0 Å². The Balaban J connectivity index is 2.31. The average molecular weight is 307 g/mol. The molecule has 0 radical (unpaired) electrons. The van der Waals surface area contributed by atoms with Crippen LogP contribution in [0.3, 0.4) is 0 Å². The Hall–Kier alpha value is -1.68. The predicted molar refractivity (Wildman–Crippen MR) is 87.0 cm³/mol. The lowest BCUT2D eigenvalue weighted by atomic mass is 10.0. The van der Waals surface area contributed by atoms with Crippen LogP contribution in [0.1, 0.15) is 38.7 Å². The molecule has 4 heteroatoms. The lowest BCUT2D eigenvalue weighted by Gasteiger charge is -2.09. The fraction of sp³-hybridized carbons (Fsp3) is 0.500. The minimum absolute atomic E-state index is 0.0780. The smallest absolute Gasteiger partial charge is 0.246 e. The highest BCUT2D eigenvalue weighted by Gasteiger charge is 2.05. The van der Waals surface area contributed by atoms with Crippen molar-refractivity contribution in [2.45, 2.75) is 39.5 Å². The van der Waals surface area contributed by atoms with Crippen LogP contribution in [-0.4, -0.2) is 24.2 Å². The molecule has 1 aromatic carbocycles. The van der Waals surface area contributed by atoms with Gasteiger partial charge in [-0.3, -0.25) is 4.79 Å². The molecule has 0 bridgehead atoms. The molecule has 1 atom stereocenters. The van der Waals surface area contributed by atoms with Crippen molar-refractivity contribution in [1.82, 2.24) is 5.32 Å². The van der Waals surface area contributed by atoms with Crippen LogP contribution in [0.15, 0.2) is 35.9 Å². The fourth-order valence-electron chi connectivity index (χ4n) is 2.18. The minimum Gasteiger partial charge on any atom is -0.396 e. The first-order valence-corrected chi connectivity index (χ1v) is 7.83. The Bertz CT molecular complexity index is 500. The third-order valence-corrected chi connectivity index (χ3v) is 3.63. The third kappa shape index (κ3) is 7.36. The largest absolute Gasteiger partial charge is 0.396 e. The third-order valence-electron chi connectivity index (χ3n) is 3.63. The molecule has 122 valence electrons. The number of halogens is 1. The second-order valence-electron chi connectivity index (χ2n) is 5.73.